The zero-order chi connectivity index (χ0) is 11.3. The van der Waals surface area contributed by atoms with Gasteiger partial charge < -0.3 is 4.52 Å². The molecule has 1 aliphatic carbocycles. The molecule has 0 saturated heterocycles. The van der Waals surface area contributed by atoms with Crippen LogP contribution < -0.4 is 0 Å². The van der Waals surface area contributed by atoms with Gasteiger partial charge in [0.1, 0.15) is 5.76 Å². The lowest BCUT2D eigenvalue weighted by molar-refractivity contribution is 0.144. The average molecular weight is 234 g/mol. The molecule has 15 heavy (non-hydrogen) atoms. The third-order valence-electron chi connectivity index (χ3n) is 2.12. The minimum Gasteiger partial charge on any atom is -0.409 e. The Kier molecular flexibility index (Phi) is 4.84. The summed E-state index contributed by atoms with van der Waals surface area (Å²) in [7, 11) is -3.36. The Balaban J connectivity index is 2.58. The molecule has 0 unspecified atom stereocenters. The Bertz CT molecular complexity index is 265. The molecule has 0 aliphatic heterocycles. The maximum atomic E-state index is 12.0. The molecule has 0 N–H and O–H groups in total. The summed E-state index contributed by atoms with van der Waals surface area (Å²) in [6, 6.07) is 0. The average Bonchev–Trinajstić information content (AvgIpc) is 2.51. The van der Waals surface area contributed by atoms with Gasteiger partial charge in [-0.1, -0.05) is 6.92 Å². The molecule has 0 aromatic rings. The summed E-state index contributed by atoms with van der Waals surface area (Å²) in [5.41, 5.74) is 0. The fourth-order valence-electron chi connectivity index (χ4n) is 1.48. The monoisotopic (exact) mass is 234 g/mol. The molecule has 0 radical (unpaired) electrons. The van der Waals surface area contributed by atoms with Gasteiger partial charge in [0, 0.05) is 6.42 Å². The Morgan fingerprint density at radius 3 is 2.40 bits per heavy atom. The van der Waals surface area contributed by atoms with Crippen LogP contribution in [0.4, 0.5) is 0 Å². The zero-order valence-electron chi connectivity index (χ0n) is 9.56. The first-order chi connectivity index (χ1) is 7.09. The van der Waals surface area contributed by atoms with Crippen molar-refractivity contribution in [3.05, 3.63) is 11.8 Å². The van der Waals surface area contributed by atoms with Crippen LogP contribution in [-0.2, 0) is 18.1 Å². The summed E-state index contributed by atoms with van der Waals surface area (Å²) < 4.78 is 27.4. The molecular weight excluding hydrogens is 215 g/mol. The lowest BCUT2D eigenvalue weighted by Gasteiger charge is -2.17. The molecule has 1 atom stereocenters. The lowest BCUT2D eigenvalue weighted by Crippen LogP contribution is -1.99. The van der Waals surface area contributed by atoms with Crippen molar-refractivity contribution in [3.8, 4) is 0 Å². The summed E-state index contributed by atoms with van der Waals surface area (Å²) in [6.45, 7) is 6.27. The highest BCUT2D eigenvalue weighted by Gasteiger charge is 2.29. The number of phosphoric acid groups is 1. The number of allylic oxidation sites excluding steroid dienone is 2. The summed E-state index contributed by atoms with van der Waals surface area (Å²) in [5, 5.41) is 0. The van der Waals surface area contributed by atoms with Crippen LogP contribution in [0.25, 0.3) is 0 Å². The van der Waals surface area contributed by atoms with Crippen LogP contribution in [-0.4, -0.2) is 13.2 Å². The quantitative estimate of drug-likeness (QED) is 0.660. The molecule has 0 heterocycles. The van der Waals surface area contributed by atoms with Crippen molar-refractivity contribution in [2.24, 2.45) is 5.92 Å². The summed E-state index contributed by atoms with van der Waals surface area (Å²) in [5.74, 6) is 1.21. The van der Waals surface area contributed by atoms with E-state index in [1.807, 2.05) is 6.08 Å². The smallest absolute Gasteiger partial charge is 0.409 e. The molecule has 4 nitrogen and oxygen atoms in total. The van der Waals surface area contributed by atoms with Gasteiger partial charge in [-0.25, -0.2) is 4.57 Å². The first-order valence-electron chi connectivity index (χ1n) is 5.39. The van der Waals surface area contributed by atoms with Crippen LogP contribution in [0.2, 0.25) is 0 Å². The van der Waals surface area contributed by atoms with Gasteiger partial charge in [0.15, 0.2) is 0 Å². The fourth-order valence-corrected chi connectivity index (χ4v) is 2.73. The van der Waals surface area contributed by atoms with Gasteiger partial charge in [0.25, 0.3) is 0 Å². The molecule has 0 bridgehead atoms. The Morgan fingerprint density at radius 1 is 1.40 bits per heavy atom. The largest absolute Gasteiger partial charge is 0.529 e. The van der Waals surface area contributed by atoms with Gasteiger partial charge in [0.2, 0.25) is 0 Å². The van der Waals surface area contributed by atoms with Crippen molar-refractivity contribution in [1.29, 1.82) is 0 Å². The minimum atomic E-state index is -3.36. The number of hydrogen-bond donors (Lipinski definition) is 0. The van der Waals surface area contributed by atoms with Gasteiger partial charge in [0.05, 0.1) is 13.2 Å². The van der Waals surface area contributed by atoms with Crippen LogP contribution >= 0.6 is 7.82 Å². The van der Waals surface area contributed by atoms with Gasteiger partial charge in [-0.2, -0.15) is 0 Å². The second-order valence-electron chi connectivity index (χ2n) is 3.52. The van der Waals surface area contributed by atoms with E-state index >= 15 is 0 Å². The number of rotatable bonds is 6. The van der Waals surface area contributed by atoms with Crippen molar-refractivity contribution >= 4 is 7.82 Å². The van der Waals surface area contributed by atoms with Crippen molar-refractivity contribution in [2.45, 2.75) is 33.6 Å². The third kappa shape index (κ3) is 3.98. The summed E-state index contributed by atoms with van der Waals surface area (Å²) in [6.07, 6.45) is 3.82. The molecule has 0 aromatic carbocycles. The van der Waals surface area contributed by atoms with E-state index in [0.717, 1.165) is 18.6 Å². The maximum Gasteiger partial charge on any atom is 0.529 e. The van der Waals surface area contributed by atoms with Crippen LogP contribution in [0.1, 0.15) is 33.6 Å². The van der Waals surface area contributed by atoms with E-state index in [1.54, 1.807) is 13.8 Å². The van der Waals surface area contributed by atoms with E-state index in [1.165, 1.54) is 0 Å². The Labute approximate surface area is 91.2 Å². The van der Waals surface area contributed by atoms with Crippen LogP contribution in [0.3, 0.4) is 0 Å². The highest BCUT2D eigenvalue weighted by atomic mass is 31.2. The van der Waals surface area contributed by atoms with E-state index in [-0.39, 0.29) is 0 Å². The second-order valence-corrected chi connectivity index (χ2v) is 5.12. The molecule has 0 aromatic heterocycles. The predicted molar refractivity (Wildman–Crippen MR) is 58.4 cm³/mol. The zero-order valence-corrected chi connectivity index (χ0v) is 10.5. The molecule has 5 heteroatoms. The van der Waals surface area contributed by atoms with Gasteiger partial charge in [-0.15, -0.1) is 0 Å². The minimum absolute atomic E-state index is 0.320. The molecule has 0 fully saturated rings. The van der Waals surface area contributed by atoms with E-state index in [2.05, 4.69) is 6.92 Å². The normalized spacial score (nSPS) is 21.5. The predicted octanol–water partition coefficient (Wildman–Crippen LogP) is 3.50. The summed E-state index contributed by atoms with van der Waals surface area (Å²) >= 11 is 0. The first-order valence-corrected chi connectivity index (χ1v) is 6.85. The van der Waals surface area contributed by atoms with E-state index in [4.69, 9.17) is 13.6 Å². The standard InChI is InChI=1S/C10H19O4P/c1-4-12-15(11,13-5-2)14-10-7-6-9(3)8-10/h8-9H,4-7H2,1-3H3/t9-/m1/s1. The van der Waals surface area contributed by atoms with Gasteiger partial charge in [-0.05, 0) is 32.3 Å². The van der Waals surface area contributed by atoms with Crippen molar-refractivity contribution in [2.75, 3.05) is 13.2 Å². The molecule has 1 aliphatic rings. The van der Waals surface area contributed by atoms with Crippen LogP contribution in [0, 0.1) is 5.92 Å². The highest BCUT2D eigenvalue weighted by Crippen LogP contribution is 2.52. The Hall–Kier alpha value is -0.310. The molecule has 0 amide bonds. The first kappa shape index (κ1) is 12.8. The maximum absolute atomic E-state index is 12.0. The third-order valence-corrected chi connectivity index (χ3v) is 3.73. The van der Waals surface area contributed by atoms with Crippen molar-refractivity contribution in [3.63, 3.8) is 0 Å². The fraction of sp³-hybridized carbons (Fsp3) is 0.800. The molecule has 0 saturated carbocycles. The topological polar surface area (TPSA) is 44.8 Å². The second kappa shape index (κ2) is 5.69. The van der Waals surface area contributed by atoms with Crippen LogP contribution in [0.15, 0.2) is 11.8 Å². The number of hydrogen-bond acceptors (Lipinski definition) is 4. The molecular formula is C10H19O4P. The van der Waals surface area contributed by atoms with Crippen molar-refractivity contribution in [1.82, 2.24) is 0 Å². The van der Waals surface area contributed by atoms with Gasteiger partial charge >= 0.3 is 7.82 Å². The van der Waals surface area contributed by atoms with Crippen LogP contribution in [0.5, 0.6) is 0 Å². The highest BCUT2D eigenvalue weighted by molar-refractivity contribution is 7.48. The summed E-state index contributed by atoms with van der Waals surface area (Å²) in [4.78, 5) is 0. The van der Waals surface area contributed by atoms with Gasteiger partial charge in [-0.3, -0.25) is 9.05 Å². The Morgan fingerprint density at radius 2 is 2.00 bits per heavy atom. The SMILES string of the molecule is CCOP(=O)(OCC)OC1=C[C@H](C)CC1. The lowest BCUT2D eigenvalue weighted by atomic mass is 10.2. The van der Waals surface area contributed by atoms with E-state index < -0.39 is 7.82 Å². The molecule has 0 spiro atoms. The van der Waals surface area contributed by atoms with E-state index in [0.29, 0.717) is 19.1 Å². The molecule has 88 valence electrons. The van der Waals surface area contributed by atoms with E-state index in [9.17, 15) is 4.57 Å². The molecule has 1 rings (SSSR count). The number of phosphoric ester groups is 1. The van der Waals surface area contributed by atoms with Crippen molar-refractivity contribution < 1.29 is 18.1 Å².